The molecule has 0 atom stereocenters. The van der Waals surface area contributed by atoms with E-state index in [1.165, 1.54) is 0 Å². The number of nitrogen functional groups attached to an aromatic ring is 1. The Morgan fingerprint density at radius 3 is 2.70 bits per heavy atom. The van der Waals surface area contributed by atoms with E-state index in [0.717, 1.165) is 12.8 Å². The molecule has 1 fully saturated rings. The molecule has 1 aromatic heterocycles. The van der Waals surface area contributed by atoms with Gasteiger partial charge in [0.15, 0.2) is 0 Å². The van der Waals surface area contributed by atoms with Crippen LogP contribution in [0.3, 0.4) is 0 Å². The molecule has 110 valence electrons. The van der Waals surface area contributed by atoms with Gasteiger partial charge in [0.2, 0.25) is 0 Å². The van der Waals surface area contributed by atoms with Crippen LogP contribution in [0.25, 0.3) is 0 Å². The number of aromatic nitrogens is 1. The third kappa shape index (κ3) is 4.01. The number of pyridine rings is 1. The van der Waals surface area contributed by atoms with Gasteiger partial charge in [0.25, 0.3) is 0 Å². The van der Waals surface area contributed by atoms with Crippen molar-refractivity contribution in [1.29, 1.82) is 0 Å². The molecule has 6 heteroatoms. The number of nitrogens with zero attached hydrogens (tertiary/aromatic N) is 1. The molecule has 1 aromatic rings. The second kappa shape index (κ2) is 5.56. The lowest BCUT2D eigenvalue weighted by Crippen LogP contribution is -2.50. The maximum Gasteiger partial charge on any atom is 0.407 e. The molecular weight excluding hydrogens is 256 g/mol. The predicted octanol–water partition coefficient (Wildman–Crippen LogP) is 2.13. The molecule has 0 bridgehead atoms. The Kier molecular flexibility index (Phi) is 4.01. The van der Waals surface area contributed by atoms with Gasteiger partial charge >= 0.3 is 6.09 Å². The fourth-order valence-electron chi connectivity index (χ4n) is 2.06. The van der Waals surface area contributed by atoms with Crippen molar-refractivity contribution in [3.63, 3.8) is 0 Å². The number of nitrogens with one attached hydrogen (secondary N) is 2. The molecule has 20 heavy (non-hydrogen) atoms. The Bertz CT molecular complexity index is 478. The molecule has 0 spiro atoms. The number of hydrogen-bond acceptors (Lipinski definition) is 5. The highest BCUT2D eigenvalue weighted by molar-refractivity contribution is 5.68. The van der Waals surface area contributed by atoms with Gasteiger partial charge in [-0.2, -0.15) is 0 Å². The SMILES string of the molecule is CC(C)(C)OC(=O)NC1CC(Nc2ncccc2N)C1. The Labute approximate surface area is 119 Å². The highest BCUT2D eigenvalue weighted by Gasteiger charge is 2.32. The summed E-state index contributed by atoms with van der Waals surface area (Å²) in [6.45, 7) is 5.55. The minimum atomic E-state index is -0.464. The van der Waals surface area contributed by atoms with E-state index in [9.17, 15) is 4.79 Å². The lowest BCUT2D eigenvalue weighted by atomic mass is 9.87. The molecule has 1 heterocycles. The molecule has 0 radical (unpaired) electrons. The van der Waals surface area contributed by atoms with Crippen LogP contribution in [0.5, 0.6) is 0 Å². The summed E-state index contributed by atoms with van der Waals surface area (Å²) < 4.78 is 5.21. The summed E-state index contributed by atoms with van der Waals surface area (Å²) in [7, 11) is 0. The predicted molar refractivity (Wildman–Crippen MR) is 78.5 cm³/mol. The standard InChI is InChI=1S/C14H22N4O2/c1-14(2,3)20-13(19)18-10-7-9(8-10)17-12-11(15)5-4-6-16-12/h4-6,9-10H,7-8,15H2,1-3H3,(H,16,17)(H,18,19). The fraction of sp³-hybridized carbons (Fsp3) is 0.571. The summed E-state index contributed by atoms with van der Waals surface area (Å²) in [5.74, 6) is 0.702. The van der Waals surface area contributed by atoms with Crippen LogP contribution in [-0.2, 0) is 4.74 Å². The first-order valence-electron chi connectivity index (χ1n) is 6.80. The molecule has 0 aliphatic heterocycles. The third-order valence-corrected chi connectivity index (χ3v) is 3.04. The van der Waals surface area contributed by atoms with E-state index >= 15 is 0 Å². The van der Waals surface area contributed by atoms with E-state index in [1.807, 2.05) is 26.8 Å². The van der Waals surface area contributed by atoms with Crippen molar-refractivity contribution in [3.05, 3.63) is 18.3 Å². The average Bonchev–Trinajstić information content (AvgIpc) is 2.26. The van der Waals surface area contributed by atoms with E-state index in [1.54, 1.807) is 12.3 Å². The van der Waals surface area contributed by atoms with E-state index in [0.29, 0.717) is 11.5 Å². The minimum Gasteiger partial charge on any atom is -0.444 e. The number of carbonyl (C=O) groups is 1. The first-order valence-corrected chi connectivity index (χ1v) is 6.80. The number of rotatable bonds is 3. The van der Waals surface area contributed by atoms with Gasteiger partial charge in [-0.25, -0.2) is 9.78 Å². The lowest BCUT2D eigenvalue weighted by Gasteiger charge is -2.37. The Balaban J connectivity index is 1.73. The van der Waals surface area contributed by atoms with Crippen molar-refractivity contribution in [2.75, 3.05) is 11.1 Å². The second-order valence-corrected chi connectivity index (χ2v) is 6.10. The van der Waals surface area contributed by atoms with Crippen LogP contribution in [0.15, 0.2) is 18.3 Å². The van der Waals surface area contributed by atoms with Crippen molar-refractivity contribution in [2.24, 2.45) is 0 Å². The Morgan fingerprint density at radius 2 is 2.10 bits per heavy atom. The van der Waals surface area contributed by atoms with Crippen LogP contribution in [0.4, 0.5) is 16.3 Å². The zero-order valence-electron chi connectivity index (χ0n) is 12.1. The minimum absolute atomic E-state index is 0.146. The summed E-state index contributed by atoms with van der Waals surface area (Å²) in [5.41, 5.74) is 5.99. The Morgan fingerprint density at radius 1 is 1.40 bits per heavy atom. The largest absolute Gasteiger partial charge is 0.444 e. The summed E-state index contributed by atoms with van der Waals surface area (Å²) in [5, 5.41) is 6.12. The highest BCUT2D eigenvalue weighted by atomic mass is 16.6. The number of carbonyl (C=O) groups excluding carboxylic acids is 1. The van der Waals surface area contributed by atoms with Gasteiger partial charge in [0.1, 0.15) is 11.4 Å². The molecule has 1 amide bonds. The monoisotopic (exact) mass is 278 g/mol. The van der Waals surface area contributed by atoms with E-state index < -0.39 is 5.60 Å². The van der Waals surface area contributed by atoms with Gasteiger partial charge in [-0.15, -0.1) is 0 Å². The van der Waals surface area contributed by atoms with Gasteiger partial charge in [0, 0.05) is 18.3 Å². The normalized spacial score (nSPS) is 21.8. The Hall–Kier alpha value is -1.98. The van der Waals surface area contributed by atoms with Gasteiger partial charge in [-0.05, 0) is 45.7 Å². The first-order chi connectivity index (χ1) is 9.33. The zero-order chi connectivity index (χ0) is 14.8. The van der Waals surface area contributed by atoms with Gasteiger partial charge < -0.3 is 21.1 Å². The average molecular weight is 278 g/mol. The number of hydrogen-bond donors (Lipinski definition) is 3. The number of amides is 1. The van der Waals surface area contributed by atoms with Gasteiger partial charge in [-0.3, -0.25) is 0 Å². The third-order valence-electron chi connectivity index (χ3n) is 3.04. The molecule has 1 aliphatic rings. The highest BCUT2D eigenvalue weighted by Crippen LogP contribution is 2.26. The molecule has 0 unspecified atom stereocenters. The number of ether oxygens (including phenoxy) is 1. The van der Waals surface area contributed by atoms with Crippen LogP contribution in [-0.4, -0.2) is 28.8 Å². The molecular formula is C14H22N4O2. The topological polar surface area (TPSA) is 89.3 Å². The zero-order valence-corrected chi connectivity index (χ0v) is 12.1. The summed E-state index contributed by atoms with van der Waals surface area (Å²) >= 11 is 0. The van der Waals surface area contributed by atoms with Gasteiger partial charge in [0.05, 0.1) is 5.69 Å². The van der Waals surface area contributed by atoms with Crippen molar-refractivity contribution >= 4 is 17.6 Å². The first kappa shape index (κ1) is 14.4. The van der Waals surface area contributed by atoms with Crippen molar-refractivity contribution < 1.29 is 9.53 Å². The molecule has 4 N–H and O–H groups in total. The molecule has 0 saturated heterocycles. The number of anilines is 2. The van der Waals surface area contributed by atoms with Gasteiger partial charge in [-0.1, -0.05) is 0 Å². The number of alkyl carbamates (subject to hydrolysis) is 1. The van der Waals surface area contributed by atoms with Crippen LogP contribution in [0.2, 0.25) is 0 Å². The molecule has 0 aromatic carbocycles. The maximum absolute atomic E-state index is 11.6. The van der Waals surface area contributed by atoms with Crippen molar-refractivity contribution in [1.82, 2.24) is 10.3 Å². The second-order valence-electron chi connectivity index (χ2n) is 6.10. The summed E-state index contributed by atoms with van der Waals surface area (Å²) in [4.78, 5) is 15.8. The fourth-order valence-corrected chi connectivity index (χ4v) is 2.06. The maximum atomic E-state index is 11.6. The summed E-state index contributed by atoms with van der Waals surface area (Å²) in [6.07, 6.45) is 3.02. The molecule has 1 aliphatic carbocycles. The van der Waals surface area contributed by atoms with E-state index in [-0.39, 0.29) is 18.2 Å². The number of nitrogens with two attached hydrogens (primary N) is 1. The van der Waals surface area contributed by atoms with E-state index in [4.69, 9.17) is 10.5 Å². The van der Waals surface area contributed by atoms with Crippen molar-refractivity contribution in [2.45, 2.75) is 51.3 Å². The summed E-state index contributed by atoms with van der Waals surface area (Å²) in [6, 6.07) is 4.04. The molecule has 1 saturated carbocycles. The van der Waals surface area contributed by atoms with Crippen LogP contribution in [0, 0.1) is 0 Å². The smallest absolute Gasteiger partial charge is 0.407 e. The lowest BCUT2D eigenvalue weighted by molar-refractivity contribution is 0.0475. The molecule has 2 rings (SSSR count). The molecule has 6 nitrogen and oxygen atoms in total. The van der Waals surface area contributed by atoms with Crippen LogP contribution in [0.1, 0.15) is 33.6 Å². The van der Waals surface area contributed by atoms with Crippen LogP contribution >= 0.6 is 0 Å². The van der Waals surface area contributed by atoms with Crippen molar-refractivity contribution in [3.8, 4) is 0 Å². The quantitative estimate of drug-likeness (QED) is 0.788. The van der Waals surface area contributed by atoms with E-state index in [2.05, 4.69) is 15.6 Å². The van der Waals surface area contributed by atoms with Crippen LogP contribution < -0.4 is 16.4 Å².